The molecule has 17 heavy (non-hydrogen) atoms. The Labute approximate surface area is 98.1 Å². The van der Waals surface area contributed by atoms with Crippen molar-refractivity contribution in [1.82, 2.24) is 14.7 Å². The predicted octanol–water partition coefficient (Wildman–Crippen LogP) is 1.11. The molecule has 0 aliphatic carbocycles. The Hall–Kier alpha value is -1.88. The lowest BCUT2D eigenvalue weighted by Gasteiger charge is -2.09. The van der Waals surface area contributed by atoms with Gasteiger partial charge in [-0.05, 0) is 25.1 Å². The molecule has 0 aromatic carbocycles. The molecule has 1 aliphatic rings. The van der Waals surface area contributed by atoms with Gasteiger partial charge in [-0.1, -0.05) is 6.07 Å². The van der Waals surface area contributed by atoms with E-state index in [1.54, 1.807) is 22.7 Å². The third-order valence-corrected chi connectivity index (χ3v) is 3.22. The van der Waals surface area contributed by atoms with Crippen LogP contribution in [0.25, 0.3) is 5.52 Å². The molecule has 2 N–H and O–H groups in total. The maximum atomic E-state index is 11.2. The smallest absolute Gasteiger partial charge is 0.352 e. The minimum atomic E-state index is -0.916. The molecule has 1 aliphatic heterocycles. The van der Waals surface area contributed by atoms with E-state index >= 15 is 0 Å². The highest BCUT2D eigenvalue weighted by Gasteiger charge is 2.23. The molecule has 5 heteroatoms. The number of pyridine rings is 1. The van der Waals surface area contributed by atoms with Crippen molar-refractivity contribution in [2.24, 2.45) is 0 Å². The highest BCUT2D eigenvalue weighted by atomic mass is 16.4. The van der Waals surface area contributed by atoms with Crippen molar-refractivity contribution in [3.05, 3.63) is 35.9 Å². The maximum Gasteiger partial charge on any atom is 0.352 e. The number of aromatic nitrogens is 2. The quantitative estimate of drug-likeness (QED) is 0.812. The molecule has 3 heterocycles. The van der Waals surface area contributed by atoms with Crippen LogP contribution in [-0.4, -0.2) is 33.6 Å². The zero-order chi connectivity index (χ0) is 11.8. The van der Waals surface area contributed by atoms with Gasteiger partial charge in [0.15, 0.2) is 0 Å². The van der Waals surface area contributed by atoms with Gasteiger partial charge in [-0.25, -0.2) is 9.78 Å². The van der Waals surface area contributed by atoms with E-state index < -0.39 is 5.97 Å². The van der Waals surface area contributed by atoms with Gasteiger partial charge in [-0.15, -0.1) is 0 Å². The van der Waals surface area contributed by atoms with Gasteiger partial charge in [0.05, 0.1) is 11.7 Å². The van der Waals surface area contributed by atoms with Crippen molar-refractivity contribution in [1.29, 1.82) is 0 Å². The van der Waals surface area contributed by atoms with E-state index in [-0.39, 0.29) is 5.69 Å². The largest absolute Gasteiger partial charge is 0.477 e. The van der Waals surface area contributed by atoms with E-state index in [1.807, 2.05) is 6.07 Å². The van der Waals surface area contributed by atoms with Crippen molar-refractivity contribution >= 4 is 11.5 Å². The standard InChI is InChI=1S/C12H13N3O2/c16-12(17)10-3-1-2-9-7-14-11(15(9)10)8-4-5-13-6-8/h1-3,7-8,13H,4-6H2,(H,16,17). The van der Waals surface area contributed by atoms with E-state index in [2.05, 4.69) is 10.3 Å². The van der Waals surface area contributed by atoms with Gasteiger partial charge in [0.1, 0.15) is 11.5 Å². The summed E-state index contributed by atoms with van der Waals surface area (Å²) in [6, 6.07) is 5.24. The third-order valence-electron chi connectivity index (χ3n) is 3.22. The number of imidazole rings is 1. The van der Waals surface area contributed by atoms with Crippen LogP contribution >= 0.6 is 0 Å². The van der Waals surface area contributed by atoms with Crippen LogP contribution in [0, 0.1) is 0 Å². The Morgan fingerprint density at radius 2 is 2.41 bits per heavy atom. The van der Waals surface area contributed by atoms with Crippen LogP contribution < -0.4 is 5.32 Å². The molecule has 2 aromatic rings. The molecule has 88 valence electrons. The van der Waals surface area contributed by atoms with Crippen LogP contribution in [0.15, 0.2) is 24.4 Å². The van der Waals surface area contributed by atoms with E-state index in [1.165, 1.54) is 0 Å². The fourth-order valence-electron chi connectivity index (χ4n) is 2.40. The number of carboxylic acid groups (broad SMARTS) is 1. The van der Waals surface area contributed by atoms with Crippen LogP contribution in [0.3, 0.4) is 0 Å². The fourth-order valence-corrected chi connectivity index (χ4v) is 2.40. The zero-order valence-electron chi connectivity index (χ0n) is 9.26. The van der Waals surface area contributed by atoms with Crippen LogP contribution in [0.2, 0.25) is 0 Å². The number of nitrogens with zero attached hydrogens (tertiary/aromatic N) is 2. The number of hydrogen-bond acceptors (Lipinski definition) is 3. The van der Waals surface area contributed by atoms with E-state index in [0.29, 0.717) is 5.92 Å². The molecule has 1 unspecified atom stereocenters. The Morgan fingerprint density at radius 1 is 1.53 bits per heavy atom. The molecular weight excluding hydrogens is 218 g/mol. The first-order valence-electron chi connectivity index (χ1n) is 5.68. The Kier molecular flexibility index (Phi) is 2.33. The summed E-state index contributed by atoms with van der Waals surface area (Å²) in [5.74, 6) is 0.238. The van der Waals surface area contributed by atoms with Crippen molar-refractivity contribution in [2.75, 3.05) is 13.1 Å². The monoisotopic (exact) mass is 231 g/mol. The first kappa shape index (κ1) is 10.3. The third kappa shape index (κ3) is 1.59. The molecule has 0 saturated carbocycles. The van der Waals surface area contributed by atoms with Gasteiger partial charge in [-0.3, -0.25) is 4.40 Å². The van der Waals surface area contributed by atoms with Crippen LogP contribution in [-0.2, 0) is 0 Å². The highest BCUT2D eigenvalue weighted by Crippen LogP contribution is 2.23. The Morgan fingerprint density at radius 3 is 3.12 bits per heavy atom. The summed E-state index contributed by atoms with van der Waals surface area (Å²) in [7, 11) is 0. The minimum absolute atomic E-state index is 0.280. The van der Waals surface area contributed by atoms with Gasteiger partial charge in [0.25, 0.3) is 0 Å². The summed E-state index contributed by atoms with van der Waals surface area (Å²) in [6.45, 7) is 1.84. The van der Waals surface area contributed by atoms with Crippen molar-refractivity contribution in [2.45, 2.75) is 12.3 Å². The molecule has 5 nitrogen and oxygen atoms in total. The van der Waals surface area contributed by atoms with Gasteiger partial charge in [-0.2, -0.15) is 0 Å². The topological polar surface area (TPSA) is 66.6 Å². The summed E-state index contributed by atoms with van der Waals surface area (Å²) in [5.41, 5.74) is 1.12. The van der Waals surface area contributed by atoms with Gasteiger partial charge >= 0.3 is 5.97 Å². The van der Waals surface area contributed by atoms with Crippen molar-refractivity contribution < 1.29 is 9.90 Å². The average molecular weight is 231 g/mol. The number of fused-ring (bicyclic) bond motifs is 1. The number of hydrogen-bond donors (Lipinski definition) is 2. The average Bonchev–Trinajstić information content (AvgIpc) is 2.96. The van der Waals surface area contributed by atoms with E-state index in [9.17, 15) is 9.90 Å². The number of nitrogens with one attached hydrogen (secondary N) is 1. The first-order chi connectivity index (χ1) is 8.27. The zero-order valence-corrected chi connectivity index (χ0v) is 9.26. The summed E-state index contributed by atoms with van der Waals surface area (Å²) >= 11 is 0. The molecule has 3 rings (SSSR count). The summed E-state index contributed by atoms with van der Waals surface area (Å²) in [6.07, 6.45) is 2.74. The van der Waals surface area contributed by atoms with Gasteiger partial charge < -0.3 is 10.4 Å². The summed E-state index contributed by atoms with van der Waals surface area (Å²) < 4.78 is 1.75. The maximum absolute atomic E-state index is 11.2. The summed E-state index contributed by atoms with van der Waals surface area (Å²) in [5, 5.41) is 12.5. The molecule has 1 saturated heterocycles. The van der Waals surface area contributed by atoms with Crippen molar-refractivity contribution in [3.8, 4) is 0 Å². The molecule has 0 spiro atoms. The van der Waals surface area contributed by atoms with Crippen LogP contribution in [0.4, 0.5) is 0 Å². The second kappa shape index (κ2) is 3.85. The van der Waals surface area contributed by atoms with Crippen LogP contribution in [0.1, 0.15) is 28.7 Å². The van der Waals surface area contributed by atoms with E-state index in [4.69, 9.17) is 0 Å². The number of aromatic carboxylic acids is 1. The molecule has 0 bridgehead atoms. The lowest BCUT2D eigenvalue weighted by molar-refractivity contribution is 0.0688. The second-order valence-electron chi connectivity index (χ2n) is 4.28. The van der Waals surface area contributed by atoms with E-state index in [0.717, 1.165) is 30.9 Å². The predicted molar refractivity (Wildman–Crippen MR) is 62.4 cm³/mol. The molecule has 0 amide bonds. The lowest BCUT2D eigenvalue weighted by Crippen LogP contribution is -2.13. The highest BCUT2D eigenvalue weighted by molar-refractivity contribution is 5.86. The molecule has 1 fully saturated rings. The minimum Gasteiger partial charge on any atom is -0.477 e. The first-order valence-corrected chi connectivity index (χ1v) is 5.68. The summed E-state index contributed by atoms with van der Waals surface area (Å²) in [4.78, 5) is 15.6. The molecule has 0 radical (unpaired) electrons. The normalized spacial score (nSPS) is 19.9. The van der Waals surface area contributed by atoms with Gasteiger partial charge in [0.2, 0.25) is 0 Å². The molecule has 1 atom stereocenters. The fraction of sp³-hybridized carbons (Fsp3) is 0.333. The van der Waals surface area contributed by atoms with Crippen LogP contribution in [0.5, 0.6) is 0 Å². The lowest BCUT2D eigenvalue weighted by atomic mass is 10.1. The van der Waals surface area contributed by atoms with Crippen molar-refractivity contribution in [3.63, 3.8) is 0 Å². The Balaban J connectivity index is 2.21. The molecule has 2 aromatic heterocycles. The second-order valence-corrected chi connectivity index (χ2v) is 4.28. The Bertz CT molecular complexity index is 570. The SMILES string of the molecule is O=C(O)c1cccc2cnc(C3CCNC3)n12. The van der Waals surface area contributed by atoms with Gasteiger partial charge in [0, 0.05) is 12.5 Å². The number of rotatable bonds is 2. The molecular formula is C12H13N3O2. The number of carbonyl (C=O) groups is 1. The number of carboxylic acids is 1.